The predicted molar refractivity (Wildman–Crippen MR) is 122 cm³/mol. The third kappa shape index (κ3) is 4.62. The molecule has 8 heteroatoms. The number of aliphatic hydroxyl groups excluding tert-OH is 1. The Morgan fingerprint density at radius 2 is 1.88 bits per heavy atom. The van der Waals surface area contributed by atoms with Gasteiger partial charge in [0.2, 0.25) is 0 Å². The monoisotopic (exact) mass is 446 g/mol. The lowest BCUT2D eigenvalue weighted by Crippen LogP contribution is -2.32. The van der Waals surface area contributed by atoms with Gasteiger partial charge in [0.25, 0.3) is 5.91 Å². The number of fused-ring (bicyclic) bond motifs is 2. The van der Waals surface area contributed by atoms with Gasteiger partial charge in [-0.3, -0.25) is 14.4 Å². The van der Waals surface area contributed by atoms with Crippen molar-refractivity contribution in [3.8, 4) is 11.5 Å². The summed E-state index contributed by atoms with van der Waals surface area (Å²) in [7, 11) is 0. The van der Waals surface area contributed by atoms with Crippen LogP contribution < -0.4 is 14.8 Å². The Kier molecular flexibility index (Phi) is 6.10. The number of aromatic nitrogens is 2. The number of nitrogens with zero attached hydrogens (tertiary/aromatic N) is 3. The SMILES string of the molecule is O=C(NCc1ccccc1)c1nn(CCO)c2c1CN(Cc1ccc3c(c1)OC=CO3)CC2. The van der Waals surface area contributed by atoms with Crippen LogP contribution in [0.15, 0.2) is 61.1 Å². The molecule has 8 nitrogen and oxygen atoms in total. The first-order valence-corrected chi connectivity index (χ1v) is 11.1. The summed E-state index contributed by atoms with van der Waals surface area (Å²) in [6.07, 6.45) is 3.80. The lowest BCUT2D eigenvalue weighted by atomic mass is 10.0. The van der Waals surface area contributed by atoms with Crippen LogP contribution in [0.25, 0.3) is 0 Å². The predicted octanol–water partition coefficient (Wildman–Crippen LogP) is 2.61. The third-order valence-corrected chi connectivity index (χ3v) is 5.90. The van der Waals surface area contributed by atoms with Crippen molar-refractivity contribution in [3.05, 3.63) is 89.1 Å². The second-order valence-corrected chi connectivity index (χ2v) is 8.14. The number of benzene rings is 2. The number of hydrogen-bond donors (Lipinski definition) is 2. The summed E-state index contributed by atoms with van der Waals surface area (Å²) in [5, 5.41) is 17.0. The van der Waals surface area contributed by atoms with Gasteiger partial charge < -0.3 is 19.9 Å². The molecule has 5 rings (SSSR count). The molecule has 0 fully saturated rings. The molecule has 0 unspecified atom stereocenters. The summed E-state index contributed by atoms with van der Waals surface area (Å²) >= 11 is 0. The van der Waals surface area contributed by atoms with Gasteiger partial charge in [-0.15, -0.1) is 0 Å². The van der Waals surface area contributed by atoms with Crippen molar-refractivity contribution in [1.29, 1.82) is 0 Å². The molecule has 33 heavy (non-hydrogen) atoms. The number of carbonyl (C=O) groups excluding carboxylic acids is 1. The van der Waals surface area contributed by atoms with Crippen molar-refractivity contribution in [2.75, 3.05) is 13.2 Å². The maximum Gasteiger partial charge on any atom is 0.272 e. The number of rotatable bonds is 7. The maximum atomic E-state index is 13.0. The summed E-state index contributed by atoms with van der Waals surface area (Å²) < 4.78 is 12.8. The lowest BCUT2D eigenvalue weighted by Gasteiger charge is -2.28. The van der Waals surface area contributed by atoms with Crippen LogP contribution in [0.3, 0.4) is 0 Å². The Hall–Kier alpha value is -3.62. The Labute approximate surface area is 192 Å². The van der Waals surface area contributed by atoms with Gasteiger partial charge in [0.15, 0.2) is 17.2 Å². The van der Waals surface area contributed by atoms with Gasteiger partial charge in [-0.05, 0) is 23.3 Å². The first-order chi connectivity index (χ1) is 16.2. The normalized spacial score (nSPS) is 14.7. The first kappa shape index (κ1) is 21.2. The molecule has 2 N–H and O–H groups in total. The van der Waals surface area contributed by atoms with Crippen LogP contribution in [-0.4, -0.2) is 38.8 Å². The van der Waals surface area contributed by atoms with E-state index >= 15 is 0 Å². The van der Waals surface area contributed by atoms with E-state index in [-0.39, 0.29) is 12.5 Å². The van der Waals surface area contributed by atoms with Gasteiger partial charge >= 0.3 is 0 Å². The highest BCUT2D eigenvalue weighted by molar-refractivity contribution is 5.94. The van der Waals surface area contributed by atoms with Crippen LogP contribution in [0.2, 0.25) is 0 Å². The van der Waals surface area contributed by atoms with E-state index < -0.39 is 0 Å². The summed E-state index contributed by atoms with van der Waals surface area (Å²) in [5.74, 6) is 1.20. The molecule has 1 aromatic heterocycles. The molecule has 3 aromatic rings. The van der Waals surface area contributed by atoms with E-state index in [1.165, 1.54) is 12.5 Å². The molecule has 0 bridgehead atoms. The maximum absolute atomic E-state index is 13.0. The molecular formula is C25H26N4O4. The van der Waals surface area contributed by atoms with Crippen LogP contribution in [-0.2, 0) is 32.6 Å². The fourth-order valence-corrected chi connectivity index (χ4v) is 4.31. The number of ether oxygens (including phenoxy) is 2. The van der Waals surface area contributed by atoms with E-state index in [0.717, 1.165) is 41.9 Å². The van der Waals surface area contributed by atoms with Crippen LogP contribution in [0.4, 0.5) is 0 Å². The van der Waals surface area contributed by atoms with Crippen molar-refractivity contribution < 1.29 is 19.4 Å². The van der Waals surface area contributed by atoms with E-state index in [2.05, 4.69) is 15.3 Å². The molecule has 0 saturated heterocycles. The Morgan fingerprint density at radius 3 is 2.70 bits per heavy atom. The lowest BCUT2D eigenvalue weighted by molar-refractivity contribution is 0.0942. The topological polar surface area (TPSA) is 88.9 Å². The number of nitrogens with one attached hydrogen (secondary N) is 1. The average Bonchev–Trinajstić information content (AvgIpc) is 3.21. The van der Waals surface area contributed by atoms with E-state index in [9.17, 15) is 9.90 Å². The van der Waals surface area contributed by atoms with Crippen LogP contribution in [0, 0.1) is 0 Å². The minimum absolute atomic E-state index is 0.0193. The number of amides is 1. The molecule has 0 saturated carbocycles. The summed E-state index contributed by atoms with van der Waals surface area (Å²) in [6, 6.07) is 15.7. The molecule has 2 aromatic carbocycles. The molecule has 1 amide bonds. The smallest absolute Gasteiger partial charge is 0.272 e. The van der Waals surface area contributed by atoms with Gasteiger partial charge in [0.05, 0.1) is 13.2 Å². The summed E-state index contributed by atoms with van der Waals surface area (Å²) in [5.41, 5.74) is 4.53. The molecule has 2 aliphatic heterocycles. The van der Waals surface area contributed by atoms with Crippen molar-refractivity contribution >= 4 is 5.91 Å². The van der Waals surface area contributed by atoms with E-state index in [4.69, 9.17) is 9.47 Å². The first-order valence-electron chi connectivity index (χ1n) is 11.1. The standard InChI is InChI=1S/C25H26N4O4/c30-11-10-29-21-8-9-28(16-19-6-7-22-23(14-19)33-13-12-32-22)17-20(21)24(27-29)25(31)26-15-18-4-2-1-3-5-18/h1-7,12-14,30H,8-11,15-17H2,(H,26,31). The molecule has 2 aliphatic rings. The minimum Gasteiger partial charge on any atom is -0.458 e. The van der Waals surface area contributed by atoms with Crippen molar-refractivity contribution in [2.45, 2.75) is 32.6 Å². The highest BCUT2D eigenvalue weighted by Gasteiger charge is 2.28. The molecule has 0 aliphatic carbocycles. The van der Waals surface area contributed by atoms with Gasteiger partial charge in [0.1, 0.15) is 12.5 Å². The Morgan fingerprint density at radius 1 is 1.06 bits per heavy atom. The minimum atomic E-state index is -0.195. The van der Waals surface area contributed by atoms with Crippen LogP contribution in [0.1, 0.15) is 32.9 Å². The largest absolute Gasteiger partial charge is 0.458 e. The van der Waals surface area contributed by atoms with Crippen LogP contribution >= 0.6 is 0 Å². The zero-order chi connectivity index (χ0) is 22.6. The highest BCUT2D eigenvalue weighted by Crippen LogP contribution is 2.32. The molecule has 0 atom stereocenters. The second-order valence-electron chi connectivity index (χ2n) is 8.14. The second kappa shape index (κ2) is 9.48. The third-order valence-electron chi connectivity index (χ3n) is 5.90. The quantitative estimate of drug-likeness (QED) is 0.580. The average molecular weight is 447 g/mol. The molecule has 0 spiro atoms. The van der Waals surface area contributed by atoms with E-state index in [0.29, 0.717) is 36.8 Å². The molecule has 0 radical (unpaired) electrons. The fourth-order valence-electron chi connectivity index (χ4n) is 4.31. The fraction of sp³-hybridized carbons (Fsp3) is 0.280. The van der Waals surface area contributed by atoms with Crippen molar-refractivity contribution in [1.82, 2.24) is 20.0 Å². The Balaban J connectivity index is 1.33. The van der Waals surface area contributed by atoms with E-state index in [1.54, 1.807) is 4.68 Å². The summed E-state index contributed by atoms with van der Waals surface area (Å²) in [4.78, 5) is 15.3. The van der Waals surface area contributed by atoms with Gasteiger partial charge in [-0.2, -0.15) is 5.10 Å². The number of hydrogen-bond acceptors (Lipinski definition) is 6. The number of carbonyl (C=O) groups is 1. The number of aliphatic hydroxyl groups is 1. The van der Waals surface area contributed by atoms with Gasteiger partial charge in [-0.1, -0.05) is 36.4 Å². The molecule has 3 heterocycles. The van der Waals surface area contributed by atoms with Gasteiger partial charge in [-0.25, -0.2) is 0 Å². The van der Waals surface area contributed by atoms with Crippen molar-refractivity contribution in [3.63, 3.8) is 0 Å². The summed E-state index contributed by atoms with van der Waals surface area (Å²) in [6.45, 7) is 2.97. The van der Waals surface area contributed by atoms with Crippen LogP contribution in [0.5, 0.6) is 11.5 Å². The van der Waals surface area contributed by atoms with E-state index in [1.807, 2.05) is 48.5 Å². The molecule has 170 valence electrons. The van der Waals surface area contributed by atoms with Gasteiger partial charge in [0, 0.05) is 43.9 Å². The highest BCUT2D eigenvalue weighted by atomic mass is 16.5. The zero-order valence-corrected chi connectivity index (χ0v) is 18.2. The Bertz CT molecular complexity index is 1170. The zero-order valence-electron chi connectivity index (χ0n) is 18.2. The molecular weight excluding hydrogens is 420 g/mol. The van der Waals surface area contributed by atoms with Crippen molar-refractivity contribution in [2.24, 2.45) is 0 Å².